The second-order valence-corrected chi connectivity index (χ2v) is 7.51. The standard InChI is InChI=1S/C11H21NO4S/c12-7-11(3-5-17(14,15)8-11)10(13)9-2-1-4-16-6-9/h9-10,13H,1-8,12H2. The summed E-state index contributed by atoms with van der Waals surface area (Å²) in [5, 5.41) is 10.4. The molecule has 0 saturated carbocycles. The minimum atomic E-state index is -3.03. The average Bonchev–Trinajstić information content (AvgIpc) is 2.66. The number of hydrogen-bond acceptors (Lipinski definition) is 5. The van der Waals surface area contributed by atoms with Crippen LogP contribution in [0.3, 0.4) is 0 Å². The van der Waals surface area contributed by atoms with Crippen LogP contribution < -0.4 is 5.73 Å². The van der Waals surface area contributed by atoms with Crippen LogP contribution in [0.2, 0.25) is 0 Å². The van der Waals surface area contributed by atoms with E-state index in [1.165, 1.54) is 0 Å². The Morgan fingerprint density at radius 1 is 1.53 bits per heavy atom. The first kappa shape index (κ1) is 13.3. The van der Waals surface area contributed by atoms with Crippen LogP contribution in [-0.4, -0.2) is 50.9 Å². The van der Waals surface area contributed by atoms with E-state index < -0.39 is 21.4 Å². The van der Waals surface area contributed by atoms with Crippen LogP contribution in [0.4, 0.5) is 0 Å². The third kappa shape index (κ3) is 2.65. The molecule has 0 aromatic carbocycles. The second-order valence-electron chi connectivity index (χ2n) is 5.33. The number of nitrogens with two attached hydrogens (primary N) is 1. The molecule has 2 rings (SSSR count). The summed E-state index contributed by atoms with van der Waals surface area (Å²) in [5.41, 5.74) is 5.08. The van der Waals surface area contributed by atoms with Gasteiger partial charge in [-0.2, -0.15) is 0 Å². The molecule has 0 bridgehead atoms. The molecule has 2 heterocycles. The maximum absolute atomic E-state index is 11.6. The highest BCUT2D eigenvalue weighted by atomic mass is 32.2. The lowest BCUT2D eigenvalue weighted by Crippen LogP contribution is -2.48. The topological polar surface area (TPSA) is 89.6 Å². The zero-order valence-electron chi connectivity index (χ0n) is 9.97. The van der Waals surface area contributed by atoms with E-state index in [2.05, 4.69) is 0 Å². The minimum Gasteiger partial charge on any atom is -0.392 e. The van der Waals surface area contributed by atoms with Crippen molar-refractivity contribution in [2.24, 2.45) is 17.1 Å². The third-order valence-corrected chi connectivity index (χ3v) is 5.94. The molecule has 0 spiro atoms. The fourth-order valence-electron chi connectivity index (χ4n) is 2.97. The van der Waals surface area contributed by atoms with Gasteiger partial charge in [0.05, 0.1) is 24.2 Å². The van der Waals surface area contributed by atoms with E-state index in [1.54, 1.807) is 0 Å². The third-order valence-electron chi connectivity index (χ3n) is 4.09. The molecule has 0 aromatic rings. The van der Waals surface area contributed by atoms with Crippen molar-refractivity contribution < 1.29 is 18.3 Å². The Balaban J connectivity index is 2.12. The van der Waals surface area contributed by atoms with Crippen LogP contribution in [0.25, 0.3) is 0 Å². The van der Waals surface area contributed by atoms with Crippen LogP contribution in [0, 0.1) is 11.3 Å². The molecule has 6 heteroatoms. The monoisotopic (exact) mass is 263 g/mol. The van der Waals surface area contributed by atoms with E-state index in [4.69, 9.17) is 10.5 Å². The molecule has 0 amide bonds. The molecule has 0 aromatic heterocycles. The quantitative estimate of drug-likeness (QED) is 0.719. The Hall–Kier alpha value is -0.170. The first-order valence-corrected chi connectivity index (χ1v) is 7.98. The van der Waals surface area contributed by atoms with Crippen LogP contribution in [-0.2, 0) is 14.6 Å². The smallest absolute Gasteiger partial charge is 0.151 e. The van der Waals surface area contributed by atoms with E-state index in [0.29, 0.717) is 13.0 Å². The van der Waals surface area contributed by atoms with Gasteiger partial charge in [0.15, 0.2) is 9.84 Å². The van der Waals surface area contributed by atoms with Gasteiger partial charge >= 0.3 is 0 Å². The second kappa shape index (κ2) is 4.84. The Morgan fingerprint density at radius 2 is 2.29 bits per heavy atom. The van der Waals surface area contributed by atoms with E-state index in [0.717, 1.165) is 19.4 Å². The van der Waals surface area contributed by atoms with Crippen molar-refractivity contribution >= 4 is 9.84 Å². The molecule has 3 N–H and O–H groups in total. The molecule has 2 aliphatic heterocycles. The number of rotatable bonds is 3. The fraction of sp³-hybridized carbons (Fsp3) is 1.00. The van der Waals surface area contributed by atoms with Crippen molar-refractivity contribution in [3.8, 4) is 0 Å². The van der Waals surface area contributed by atoms with Gasteiger partial charge in [-0.3, -0.25) is 0 Å². The maximum atomic E-state index is 11.6. The molecule has 2 saturated heterocycles. The van der Waals surface area contributed by atoms with Gasteiger partial charge in [-0.05, 0) is 19.3 Å². The summed E-state index contributed by atoms with van der Waals surface area (Å²) in [6.07, 6.45) is 1.63. The van der Waals surface area contributed by atoms with E-state index >= 15 is 0 Å². The number of aliphatic hydroxyl groups excluding tert-OH is 1. The number of aliphatic hydroxyl groups is 1. The first-order valence-electron chi connectivity index (χ1n) is 6.15. The summed E-state index contributed by atoms with van der Waals surface area (Å²) >= 11 is 0. The van der Waals surface area contributed by atoms with Crippen LogP contribution in [0.5, 0.6) is 0 Å². The van der Waals surface area contributed by atoms with Crippen LogP contribution in [0.1, 0.15) is 19.3 Å². The first-order chi connectivity index (χ1) is 7.99. The molecule has 3 atom stereocenters. The van der Waals surface area contributed by atoms with Crippen molar-refractivity contribution in [3.63, 3.8) is 0 Å². The highest BCUT2D eigenvalue weighted by Gasteiger charge is 2.49. The predicted octanol–water partition coefficient (Wildman–Crippen LogP) is -0.462. The highest BCUT2D eigenvalue weighted by Crippen LogP contribution is 2.39. The molecule has 2 fully saturated rings. The van der Waals surface area contributed by atoms with Gasteiger partial charge in [0.25, 0.3) is 0 Å². The van der Waals surface area contributed by atoms with Gasteiger partial charge in [-0.15, -0.1) is 0 Å². The summed E-state index contributed by atoms with van der Waals surface area (Å²) in [4.78, 5) is 0. The summed E-state index contributed by atoms with van der Waals surface area (Å²) < 4.78 is 28.5. The van der Waals surface area contributed by atoms with E-state index in [-0.39, 0.29) is 24.0 Å². The molecule has 5 nitrogen and oxygen atoms in total. The number of sulfone groups is 1. The zero-order chi connectivity index (χ0) is 12.5. The van der Waals surface area contributed by atoms with Crippen LogP contribution >= 0.6 is 0 Å². The minimum absolute atomic E-state index is 0.0220. The van der Waals surface area contributed by atoms with Crippen molar-refractivity contribution in [2.75, 3.05) is 31.3 Å². The van der Waals surface area contributed by atoms with Gasteiger partial charge in [-0.1, -0.05) is 0 Å². The summed E-state index contributed by atoms with van der Waals surface area (Å²) in [6.45, 7) is 1.48. The van der Waals surface area contributed by atoms with Crippen molar-refractivity contribution in [1.29, 1.82) is 0 Å². The summed E-state index contributed by atoms with van der Waals surface area (Å²) in [7, 11) is -3.03. The molecule has 17 heavy (non-hydrogen) atoms. The maximum Gasteiger partial charge on any atom is 0.151 e. The van der Waals surface area contributed by atoms with Gasteiger partial charge < -0.3 is 15.6 Å². The van der Waals surface area contributed by atoms with Crippen molar-refractivity contribution in [1.82, 2.24) is 0 Å². The van der Waals surface area contributed by atoms with Crippen LogP contribution in [0.15, 0.2) is 0 Å². The Kier molecular flexibility index (Phi) is 3.77. The average molecular weight is 263 g/mol. The molecule has 0 radical (unpaired) electrons. The van der Waals surface area contributed by atoms with Gasteiger partial charge in [0.2, 0.25) is 0 Å². The lowest BCUT2D eigenvalue weighted by molar-refractivity contribution is -0.0594. The normalized spacial score (nSPS) is 39.1. The Morgan fingerprint density at radius 3 is 2.76 bits per heavy atom. The number of ether oxygens (including phenoxy) is 1. The molecule has 0 aliphatic carbocycles. The van der Waals surface area contributed by atoms with E-state index in [1.807, 2.05) is 0 Å². The Labute approximate surface area is 102 Å². The lowest BCUT2D eigenvalue weighted by atomic mass is 9.74. The number of hydrogen-bond donors (Lipinski definition) is 2. The molecule has 100 valence electrons. The largest absolute Gasteiger partial charge is 0.392 e. The summed E-state index contributed by atoms with van der Waals surface area (Å²) in [5.74, 6) is 0.198. The van der Waals surface area contributed by atoms with Crippen molar-refractivity contribution in [2.45, 2.75) is 25.4 Å². The molecule has 3 unspecified atom stereocenters. The van der Waals surface area contributed by atoms with Gasteiger partial charge in [0, 0.05) is 24.5 Å². The zero-order valence-corrected chi connectivity index (χ0v) is 10.8. The molecular weight excluding hydrogens is 242 g/mol. The summed E-state index contributed by atoms with van der Waals surface area (Å²) in [6, 6.07) is 0. The lowest BCUT2D eigenvalue weighted by Gasteiger charge is -2.38. The van der Waals surface area contributed by atoms with Crippen molar-refractivity contribution in [3.05, 3.63) is 0 Å². The predicted molar refractivity (Wildman–Crippen MR) is 64.3 cm³/mol. The fourth-order valence-corrected chi connectivity index (χ4v) is 5.14. The van der Waals surface area contributed by atoms with Gasteiger partial charge in [0.1, 0.15) is 0 Å². The SMILES string of the molecule is NCC1(C(O)C2CCCOC2)CCS(=O)(=O)C1. The molecule has 2 aliphatic rings. The highest BCUT2D eigenvalue weighted by molar-refractivity contribution is 7.91. The van der Waals surface area contributed by atoms with Gasteiger partial charge in [-0.25, -0.2) is 8.42 Å². The van der Waals surface area contributed by atoms with E-state index in [9.17, 15) is 13.5 Å². The molecular formula is C11H21NO4S. The Bertz CT molecular complexity index is 364.